The summed E-state index contributed by atoms with van der Waals surface area (Å²) in [6, 6.07) is 7.52. The Morgan fingerprint density at radius 2 is 2.24 bits per heavy atom. The van der Waals surface area contributed by atoms with Crippen molar-refractivity contribution in [3.8, 4) is 11.6 Å². The van der Waals surface area contributed by atoms with E-state index in [0.29, 0.717) is 16.4 Å². The standard InChI is InChI=1S/C15H14ClN3OS/c16-12-7-6-11(20-12)15-18-10-4-3-8-17-14(10)19(15)13-5-1-2-9-21-13/h3-4,6-8,13H,1-2,5,9H2. The van der Waals surface area contributed by atoms with E-state index in [9.17, 15) is 0 Å². The molecular formula is C15H14ClN3OS. The van der Waals surface area contributed by atoms with Crippen LogP contribution in [0.15, 0.2) is 34.9 Å². The average molecular weight is 320 g/mol. The van der Waals surface area contributed by atoms with E-state index in [2.05, 4.69) is 9.55 Å². The van der Waals surface area contributed by atoms with Crippen LogP contribution in [-0.2, 0) is 0 Å². The van der Waals surface area contributed by atoms with Crippen molar-refractivity contribution in [1.82, 2.24) is 14.5 Å². The predicted octanol–water partition coefficient (Wildman–Crippen LogP) is 4.76. The van der Waals surface area contributed by atoms with E-state index in [1.165, 1.54) is 18.6 Å². The highest BCUT2D eigenvalue weighted by atomic mass is 35.5. The minimum absolute atomic E-state index is 0.359. The number of hydrogen-bond donors (Lipinski definition) is 0. The van der Waals surface area contributed by atoms with Crippen LogP contribution in [0.5, 0.6) is 0 Å². The van der Waals surface area contributed by atoms with Gasteiger partial charge in [0, 0.05) is 6.20 Å². The first-order valence-corrected chi connectivity index (χ1v) is 8.46. The first kappa shape index (κ1) is 13.2. The zero-order chi connectivity index (χ0) is 14.2. The highest BCUT2D eigenvalue weighted by molar-refractivity contribution is 7.99. The highest BCUT2D eigenvalue weighted by Crippen LogP contribution is 2.39. The molecule has 108 valence electrons. The van der Waals surface area contributed by atoms with Crippen molar-refractivity contribution >= 4 is 34.5 Å². The molecule has 6 heteroatoms. The van der Waals surface area contributed by atoms with E-state index in [-0.39, 0.29) is 0 Å². The van der Waals surface area contributed by atoms with Crippen LogP contribution in [0, 0.1) is 0 Å². The lowest BCUT2D eigenvalue weighted by Gasteiger charge is -2.24. The van der Waals surface area contributed by atoms with Crippen molar-refractivity contribution in [3.05, 3.63) is 35.7 Å². The molecule has 1 fully saturated rings. The lowest BCUT2D eigenvalue weighted by molar-refractivity contribution is 0.550. The maximum atomic E-state index is 5.92. The molecule has 0 spiro atoms. The molecule has 3 aromatic rings. The molecule has 4 nitrogen and oxygen atoms in total. The molecule has 0 radical (unpaired) electrons. The molecule has 21 heavy (non-hydrogen) atoms. The Morgan fingerprint density at radius 1 is 1.29 bits per heavy atom. The van der Waals surface area contributed by atoms with Crippen LogP contribution in [0.4, 0.5) is 0 Å². The molecular weight excluding hydrogens is 306 g/mol. The fourth-order valence-electron chi connectivity index (χ4n) is 2.74. The lowest BCUT2D eigenvalue weighted by Crippen LogP contribution is -2.12. The summed E-state index contributed by atoms with van der Waals surface area (Å²) in [4.78, 5) is 9.23. The molecule has 1 unspecified atom stereocenters. The summed E-state index contributed by atoms with van der Waals surface area (Å²) in [6.45, 7) is 0. The molecule has 0 N–H and O–H groups in total. The number of thioether (sulfide) groups is 1. The molecule has 0 bridgehead atoms. The maximum Gasteiger partial charge on any atom is 0.194 e. The number of rotatable bonds is 2. The first-order chi connectivity index (χ1) is 10.3. The Labute approximate surface area is 131 Å². The van der Waals surface area contributed by atoms with Crippen LogP contribution < -0.4 is 0 Å². The summed E-state index contributed by atoms with van der Waals surface area (Å²) >= 11 is 7.88. The molecule has 0 amide bonds. The summed E-state index contributed by atoms with van der Waals surface area (Å²) in [5.74, 6) is 2.69. The highest BCUT2D eigenvalue weighted by Gasteiger charge is 2.24. The number of furan rings is 1. The number of imidazole rings is 1. The number of hydrogen-bond acceptors (Lipinski definition) is 4. The Bertz CT molecular complexity index is 776. The Kier molecular flexibility index (Phi) is 3.39. The van der Waals surface area contributed by atoms with Crippen molar-refractivity contribution in [1.29, 1.82) is 0 Å². The summed E-state index contributed by atoms with van der Waals surface area (Å²) in [5.41, 5.74) is 1.81. The van der Waals surface area contributed by atoms with Gasteiger partial charge in [-0.15, -0.1) is 11.8 Å². The van der Waals surface area contributed by atoms with Crippen molar-refractivity contribution in [2.24, 2.45) is 0 Å². The topological polar surface area (TPSA) is 43.9 Å². The molecule has 4 heterocycles. The third-order valence-corrected chi connectivity index (χ3v) is 5.24. The van der Waals surface area contributed by atoms with Crippen molar-refractivity contribution in [2.75, 3.05) is 5.75 Å². The van der Waals surface area contributed by atoms with Gasteiger partial charge in [0.2, 0.25) is 0 Å². The predicted molar refractivity (Wildman–Crippen MR) is 85.6 cm³/mol. The second-order valence-electron chi connectivity index (χ2n) is 5.08. The summed E-state index contributed by atoms with van der Waals surface area (Å²) < 4.78 is 7.78. The minimum Gasteiger partial charge on any atom is -0.441 e. The minimum atomic E-state index is 0.359. The fraction of sp³-hybridized carbons (Fsp3) is 0.333. The van der Waals surface area contributed by atoms with Crippen LogP contribution in [0.25, 0.3) is 22.7 Å². The third-order valence-electron chi connectivity index (χ3n) is 3.69. The zero-order valence-corrected chi connectivity index (χ0v) is 12.9. The smallest absolute Gasteiger partial charge is 0.194 e. The number of pyridine rings is 1. The summed E-state index contributed by atoms with van der Waals surface area (Å²) in [5, 5.41) is 0.741. The van der Waals surface area contributed by atoms with Gasteiger partial charge in [0.25, 0.3) is 0 Å². The van der Waals surface area contributed by atoms with Gasteiger partial charge in [-0.05, 0) is 60.9 Å². The normalized spacial score (nSPS) is 19.2. The second-order valence-corrected chi connectivity index (χ2v) is 6.73. The van der Waals surface area contributed by atoms with Gasteiger partial charge in [-0.1, -0.05) is 0 Å². The number of nitrogens with zero attached hydrogens (tertiary/aromatic N) is 3. The van der Waals surface area contributed by atoms with E-state index < -0.39 is 0 Å². The average Bonchev–Trinajstić information content (AvgIpc) is 3.11. The fourth-order valence-corrected chi connectivity index (χ4v) is 4.21. The Balaban J connectivity index is 1.92. The van der Waals surface area contributed by atoms with E-state index in [1.54, 1.807) is 6.07 Å². The molecule has 1 saturated heterocycles. The van der Waals surface area contributed by atoms with Crippen molar-refractivity contribution in [3.63, 3.8) is 0 Å². The van der Waals surface area contributed by atoms with Gasteiger partial charge in [-0.3, -0.25) is 4.57 Å². The molecule has 0 saturated carbocycles. The molecule has 0 aliphatic carbocycles. The van der Waals surface area contributed by atoms with E-state index in [1.807, 2.05) is 36.2 Å². The van der Waals surface area contributed by atoms with Gasteiger partial charge in [-0.25, -0.2) is 9.97 Å². The van der Waals surface area contributed by atoms with Gasteiger partial charge < -0.3 is 4.42 Å². The Morgan fingerprint density at radius 3 is 3.00 bits per heavy atom. The van der Waals surface area contributed by atoms with E-state index in [4.69, 9.17) is 21.0 Å². The monoisotopic (exact) mass is 319 g/mol. The second kappa shape index (κ2) is 5.39. The Hall–Kier alpha value is -1.46. The van der Waals surface area contributed by atoms with Gasteiger partial charge >= 0.3 is 0 Å². The van der Waals surface area contributed by atoms with Gasteiger partial charge in [0.05, 0.1) is 5.37 Å². The quantitative estimate of drug-likeness (QED) is 0.683. The third kappa shape index (κ3) is 2.34. The molecule has 4 rings (SSSR count). The molecule has 1 aliphatic heterocycles. The van der Waals surface area contributed by atoms with Crippen LogP contribution in [0.1, 0.15) is 24.6 Å². The van der Waals surface area contributed by atoms with Crippen molar-refractivity contribution in [2.45, 2.75) is 24.6 Å². The lowest BCUT2D eigenvalue weighted by atomic mass is 10.2. The summed E-state index contributed by atoms with van der Waals surface area (Å²) in [6.07, 6.45) is 5.46. The van der Waals surface area contributed by atoms with Crippen LogP contribution >= 0.6 is 23.4 Å². The van der Waals surface area contributed by atoms with Crippen LogP contribution in [0.3, 0.4) is 0 Å². The number of halogens is 1. The van der Waals surface area contributed by atoms with Crippen molar-refractivity contribution < 1.29 is 4.42 Å². The zero-order valence-electron chi connectivity index (χ0n) is 11.3. The molecule has 3 aromatic heterocycles. The van der Waals surface area contributed by atoms with Gasteiger partial charge in [0.15, 0.2) is 22.5 Å². The molecule has 1 atom stereocenters. The SMILES string of the molecule is Clc1ccc(-c2nc3cccnc3n2C2CCCCS2)o1. The van der Waals surface area contributed by atoms with E-state index >= 15 is 0 Å². The molecule has 0 aromatic carbocycles. The largest absolute Gasteiger partial charge is 0.441 e. The summed E-state index contributed by atoms with van der Waals surface area (Å²) in [7, 11) is 0. The van der Waals surface area contributed by atoms with E-state index in [0.717, 1.165) is 23.4 Å². The number of fused-ring (bicyclic) bond motifs is 1. The van der Waals surface area contributed by atoms with Crippen LogP contribution in [0.2, 0.25) is 5.22 Å². The van der Waals surface area contributed by atoms with Gasteiger partial charge in [0.1, 0.15) is 5.52 Å². The van der Waals surface area contributed by atoms with Crippen LogP contribution in [-0.4, -0.2) is 20.3 Å². The first-order valence-electron chi connectivity index (χ1n) is 7.03. The number of aromatic nitrogens is 3. The molecule has 1 aliphatic rings. The van der Waals surface area contributed by atoms with Gasteiger partial charge in [-0.2, -0.15) is 0 Å². The maximum absolute atomic E-state index is 5.92.